The Bertz CT molecular complexity index is 965. The Hall–Kier alpha value is -2.51. The standard InChI is InChI=1S/C20H18ClNO5S/c1-3-9-22-18(23)17(28-20(22)25)11-13-6-8-16(27-13)12-5-7-15(21)14(10-12)19(24)26-4-2/h5-8,10-11H,3-4,9H2,1-2H3/b17-11+. The predicted octanol–water partition coefficient (Wildman–Crippen LogP) is 5.22. The van der Waals surface area contributed by atoms with Gasteiger partial charge in [0, 0.05) is 18.2 Å². The molecule has 1 aromatic carbocycles. The lowest BCUT2D eigenvalue weighted by molar-refractivity contribution is -0.122. The second-order valence-corrected chi connectivity index (χ2v) is 7.35. The lowest BCUT2D eigenvalue weighted by Crippen LogP contribution is -2.28. The van der Waals surface area contributed by atoms with Crippen LogP contribution in [0.1, 0.15) is 36.4 Å². The molecule has 6 nitrogen and oxygen atoms in total. The van der Waals surface area contributed by atoms with Gasteiger partial charge in [-0.3, -0.25) is 14.5 Å². The largest absolute Gasteiger partial charge is 0.462 e. The Morgan fingerprint density at radius 3 is 2.75 bits per heavy atom. The molecule has 2 amide bonds. The number of hydrogen-bond donors (Lipinski definition) is 0. The zero-order chi connectivity index (χ0) is 20.3. The zero-order valence-electron chi connectivity index (χ0n) is 15.4. The maximum absolute atomic E-state index is 12.3. The second kappa shape index (κ2) is 8.67. The Morgan fingerprint density at radius 2 is 2.04 bits per heavy atom. The first-order valence-electron chi connectivity index (χ1n) is 8.76. The molecule has 0 radical (unpaired) electrons. The molecule has 2 aromatic rings. The van der Waals surface area contributed by atoms with E-state index in [1.807, 2.05) is 6.92 Å². The van der Waals surface area contributed by atoms with Gasteiger partial charge in [-0.25, -0.2) is 4.79 Å². The number of esters is 1. The van der Waals surface area contributed by atoms with Crippen molar-refractivity contribution >= 4 is 46.6 Å². The summed E-state index contributed by atoms with van der Waals surface area (Å²) in [6.07, 6.45) is 2.25. The van der Waals surface area contributed by atoms with E-state index in [-0.39, 0.29) is 23.3 Å². The average Bonchev–Trinajstić information content (AvgIpc) is 3.23. The van der Waals surface area contributed by atoms with Crippen LogP contribution in [0.4, 0.5) is 4.79 Å². The fourth-order valence-electron chi connectivity index (χ4n) is 2.67. The van der Waals surface area contributed by atoms with Crippen LogP contribution < -0.4 is 0 Å². The normalized spacial score (nSPS) is 15.5. The molecule has 1 saturated heterocycles. The van der Waals surface area contributed by atoms with Gasteiger partial charge in [0.15, 0.2) is 0 Å². The van der Waals surface area contributed by atoms with E-state index < -0.39 is 5.97 Å². The van der Waals surface area contributed by atoms with Gasteiger partial charge in [-0.15, -0.1) is 0 Å². The molecule has 28 heavy (non-hydrogen) atoms. The van der Waals surface area contributed by atoms with Crippen LogP contribution in [0.15, 0.2) is 39.7 Å². The van der Waals surface area contributed by atoms with Crippen molar-refractivity contribution in [3.8, 4) is 11.3 Å². The van der Waals surface area contributed by atoms with Gasteiger partial charge in [0.1, 0.15) is 11.5 Å². The molecule has 3 rings (SSSR count). The second-order valence-electron chi connectivity index (χ2n) is 5.95. The number of amides is 2. The van der Waals surface area contributed by atoms with Crippen molar-refractivity contribution in [3.05, 3.63) is 51.6 Å². The Morgan fingerprint density at radius 1 is 1.25 bits per heavy atom. The van der Waals surface area contributed by atoms with Gasteiger partial charge in [-0.2, -0.15) is 0 Å². The van der Waals surface area contributed by atoms with E-state index in [0.717, 1.165) is 11.8 Å². The highest BCUT2D eigenvalue weighted by Gasteiger charge is 2.34. The average molecular weight is 420 g/mol. The van der Waals surface area contributed by atoms with Crippen molar-refractivity contribution in [1.29, 1.82) is 0 Å². The summed E-state index contributed by atoms with van der Waals surface area (Å²) in [4.78, 5) is 37.8. The molecule has 0 bridgehead atoms. The third kappa shape index (κ3) is 4.15. The summed E-state index contributed by atoms with van der Waals surface area (Å²) >= 11 is 6.98. The molecule has 8 heteroatoms. The highest BCUT2D eigenvalue weighted by Crippen LogP contribution is 2.34. The van der Waals surface area contributed by atoms with Gasteiger partial charge in [-0.1, -0.05) is 18.5 Å². The van der Waals surface area contributed by atoms with Gasteiger partial charge in [0.05, 0.1) is 22.1 Å². The van der Waals surface area contributed by atoms with Crippen molar-refractivity contribution in [1.82, 2.24) is 4.90 Å². The maximum atomic E-state index is 12.3. The van der Waals surface area contributed by atoms with Gasteiger partial charge >= 0.3 is 5.97 Å². The van der Waals surface area contributed by atoms with Crippen molar-refractivity contribution in [3.63, 3.8) is 0 Å². The van der Waals surface area contributed by atoms with E-state index in [9.17, 15) is 14.4 Å². The quantitative estimate of drug-likeness (QED) is 0.471. The minimum Gasteiger partial charge on any atom is -0.462 e. The van der Waals surface area contributed by atoms with Gasteiger partial charge in [0.2, 0.25) is 0 Å². The Balaban J connectivity index is 1.85. The number of rotatable bonds is 6. The molecule has 0 saturated carbocycles. The van der Waals surface area contributed by atoms with Crippen molar-refractivity contribution in [2.45, 2.75) is 20.3 Å². The number of carbonyl (C=O) groups is 3. The molecule has 0 atom stereocenters. The lowest BCUT2D eigenvalue weighted by atomic mass is 10.1. The Labute approximate surface area is 171 Å². The molecule has 1 aromatic heterocycles. The summed E-state index contributed by atoms with van der Waals surface area (Å²) in [6, 6.07) is 8.34. The van der Waals surface area contributed by atoms with Gasteiger partial charge in [-0.05, 0) is 55.4 Å². The van der Waals surface area contributed by atoms with Crippen molar-refractivity contribution < 1.29 is 23.5 Å². The first-order chi connectivity index (χ1) is 13.4. The Kier molecular flexibility index (Phi) is 6.26. The van der Waals surface area contributed by atoms with E-state index >= 15 is 0 Å². The molecule has 1 aliphatic rings. The SMILES string of the molecule is CCCN1C(=O)S/C(=C/c2ccc(-c3ccc(Cl)c(C(=O)OCC)c3)o2)C1=O. The molecule has 2 heterocycles. The van der Waals surface area contributed by atoms with Crippen LogP contribution in [0.5, 0.6) is 0 Å². The molecular formula is C20H18ClNO5S. The third-order valence-electron chi connectivity index (χ3n) is 3.97. The lowest BCUT2D eigenvalue weighted by Gasteiger charge is -2.09. The predicted molar refractivity (Wildman–Crippen MR) is 108 cm³/mol. The molecule has 0 unspecified atom stereocenters. The summed E-state index contributed by atoms with van der Waals surface area (Å²) in [7, 11) is 0. The monoisotopic (exact) mass is 419 g/mol. The number of nitrogens with zero attached hydrogens (tertiary/aromatic N) is 1. The minimum absolute atomic E-state index is 0.247. The summed E-state index contributed by atoms with van der Waals surface area (Å²) in [5, 5.41) is 0.0141. The van der Waals surface area contributed by atoms with Crippen LogP contribution in [0.2, 0.25) is 5.02 Å². The van der Waals surface area contributed by atoms with Gasteiger partial charge < -0.3 is 9.15 Å². The zero-order valence-corrected chi connectivity index (χ0v) is 16.9. The molecule has 146 valence electrons. The number of furan rings is 1. The van der Waals surface area contributed by atoms with E-state index in [1.165, 1.54) is 4.90 Å². The molecule has 0 N–H and O–H groups in total. The molecule has 1 fully saturated rings. The number of benzene rings is 1. The number of thioether (sulfide) groups is 1. The van der Waals surface area contributed by atoms with Gasteiger partial charge in [0.25, 0.3) is 11.1 Å². The highest BCUT2D eigenvalue weighted by molar-refractivity contribution is 8.18. The number of imide groups is 1. The first kappa shape index (κ1) is 20.2. The van der Waals surface area contributed by atoms with Crippen LogP contribution in [0.25, 0.3) is 17.4 Å². The highest BCUT2D eigenvalue weighted by atomic mass is 35.5. The summed E-state index contributed by atoms with van der Waals surface area (Å²) in [5.41, 5.74) is 0.894. The molecule has 1 aliphatic heterocycles. The number of halogens is 1. The maximum Gasteiger partial charge on any atom is 0.339 e. The molecule has 0 spiro atoms. The fourth-order valence-corrected chi connectivity index (χ4v) is 3.71. The number of ether oxygens (including phenoxy) is 1. The summed E-state index contributed by atoms with van der Waals surface area (Å²) in [5.74, 6) is 0.113. The summed E-state index contributed by atoms with van der Waals surface area (Å²) in [6.45, 7) is 4.27. The minimum atomic E-state index is -0.509. The fraction of sp³-hybridized carbons (Fsp3) is 0.250. The van der Waals surface area contributed by atoms with Crippen LogP contribution in [0, 0.1) is 0 Å². The number of carbonyl (C=O) groups excluding carboxylic acids is 3. The van der Waals surface area contributed by atoms with Crippen LogP contribution >= 0.6 is 23.4 Å². The van der Waals surface area contributed by atoms with E-state index in [2.05, 4.69) is 0 Å². The van der Waals surface area contributed by atoms with Crippen molar-refractivity contribution in [2.24, 2.45) is 0 Å². The topological polar surface area (TPSA) is 76.8 Å². The third-order valence-corrected chi connectivity index (χ3v) is 5.20. The summed E-state index contributed by atoms with van der Waals surface area (Å²) < 4.78 is 10.8. The van der Waals surface area contributed by atoms with Crippen LogP contribution in [0.3, 0.4) is 0 Å². The molecule has 0 aliphatic carbocycles. The number of hydrogen-bond acceptors (Lipinski definition) is 6. The first-order valence-corrected chi connectivity index (χ1v) is 9.96. The van der Waals surface area contributed by atoms with E-state index in [1.54, 1.807) is 43.3 Å². The molecular weight excluding hydrogens is 402 g/mol. The van der Waals surface area contributed by atoms with E-state index in [0.29, 0.717) is 40.0 Å². The van der Waals surface area contributed by atoms with Crippen LogP contribution in [-0.4, -0.2) is 35.2 Å². The van der Waals surface area contributed by atoms with E-state index in [4.69, 9.17) is 20.8 Å². The van der Waals surface area contributed by atoms with Crippen molar-refractivity contribution in [2.75, 3.05) is 13.2 Å². The van der Waals surface area contributed by atoms with Crippen LogP contribution in [-0.2, 0) is 9.53 Å². The smallest absolute Gasteiger partial charge is 0.339 e.